The molecule has 2 amide bonds. The van der Waals surface area contributed by atoms with E-state index >= 15 is 0 Å². The van der Waals surface area contributed by atoms with Crippen LogP contribution in [-0.2, 0) is 25.2 Å². The van der Waals surface area contributed by atoms with Crippen LogP contribution < -0.4 is 10.6 Å². The number of benzene rings is 1. The number of nitriles is 1. The highest BCUT2D eigenvalue weighted by Crippen LogP contribution is 2.65. The molecule has 2 bridgehead atoms. The molecular formula is C22H24F3N3O4. The zero-order valence-electron chi connectivity index (χ0n) is 17.7. The SMILES string of the molecule is CC12CCC3(CCO[C@H]4[C@@H]3[C@@H]1C(=O)N4c1ccc(C#N)c(C(F)(F)F)c1)O2.CCC(N)=O. The minimum Gasteiger partial charge on any atom is -0.370 e. The number of anilines is 1. The summed E-state index contributed by atoms with van der Waals surface area (Å²) in [5.41, 5.74) is 2.25. The fourth-order valence-electron chi connectivity index (χ4n) is 5.60. The molecule has 5 atom stereocenters. The number of rotatable bonds is 2. The molecule has 7 nitrogen and oxygen atoms in total. The molecular weight excluding hydrogens is 427 g/mol. The number of hydrogen-bond donors (Lipinski definition) is 1. The van der Waals surface area contributed by atoms with Crippen molar-refractivity contribution < 1.29 is 32.2 Å². The Bertz CT molecular complexity index is 1000. The van der Waals surface area contributed by atoms with E-state index in [1.807, 2.05) is 6.92 Å². The number of nitrogens with zero attached hydrogens (tertiary/aromatic N) is 2. The highest BCUT2D eigenvalue weighted by Gasteiger charge is 2.75. The van der Waals surface area contributed by atoms with Crippen molar-refractivity contribution in [2.24, 2.45) is 17.6 Å². The molecule has 1 aromatic rings. The molecule has 32 heavy (non-hydrogen) atoms. The lowest BCUT2D eigenvalue weighted by Crippen LogP contribution is -2.51. The number of nitrogens with two attached hydrogens (primary N) is 1. The molecule has 5 rings (SSSR count). The topological polar surface area (TPSA) is 106 Å². The molecule has 2 unspecified atom stereocenters. The van der Waals surface area contributed by atoms with E-state index in [-0.39, 0.29) is 23.4 Å². The fraction of sp³-hybridized carbons (Fsp3) is 0.591. The van der Waals surface area contributed by atoms with Gasteiger partial charge in [0.25, 0.3) is 0 Å². The van der Waals surface area contributed by atoms with Crippen molar-refractivity contribution >= 4 is 17.5 Å². The monoisotopic (exact) mass is 451 g/mol. The van der Waals surface area contributed by atoms with Gasteiger partial charge in [-0.05, 0) is 38.0 Å². The lowest BCUT2D eigenvalue weighted by molar-refractivity contribution is -0.140. The van der Waals surface area contributed by atoms with Crippen LogP contribution in [0.3, 0.4) is 0 Å². The van der Waals surface area contributed by atoms with Gasteiger partial charge in [0.15, 0.2) is 0 Å². The maximum atomic E-state index is 13.4. The molecule has 172 valence electrons. The van der Waals surface area contributed by atoms with Crippen LogP contribution in [0.1, 0.15) is 50.7 Å². The number of halogens is 3. The number of carbonyl (C=O) groups is 2. The van der Waals surface area contributed by atoms with Crippen LogP contribution in [0.4, 0.5) is 18.9 Å². The Morgan fingerprint density at radius 3 is 2.62 bits per heavy atom. The molecule has 4 aliphatic rings. The van der Waals surface area contributed by atoms with Crippen LogP contribution in [0.2, 0.25) is 0 Å². The molecule has 1 aromatic carbocycles. The van der Waals surface area contributed by atoms with Gasteiger partial charge in [-0.3, -0.25) is 14.5 Å². The first-order chi connectivity index (χ1) is 15.0. The molecule has 4 heterocycles. The van der Waals surface area contributed by atoms with Crippen molar-refractivity contribution in [2.75, 3.05) is 11.5 Å². The van der Waals surface area contributed by atoms with Gasteiger partial charge in [0.05, 0.1) is 40.9 Å². The second kappa shape index (κ2) is 7.46. The molecule has 4 fully saturated rings. The summed E-state index contributed by atoms with van der Waals surface area (Å²) in [7, 11) is 0. The van der Waals surface area contributed by atoms with Gasteiger partial charge in [0.1, 0.15) is 6.23 Å². The van der Waals surface area contributed by atoms with Gasteiger partial charge in [0.2, 0.25) is 11.8 Å². The van der Waals surface area contributed by atoms with Crippen molar-refractivity contribution in [3.63, 3.8) is 0 Å². The third-order valence-corrected chi connectivity index (χ3v) is 7.04. The van der Waals surface area contributed by atoms with E-state index in [1.165, 1.54) is 11.0 Å². The largest absolute Gasteiger partial charge is 0.417 e. The smallest absolute Gasteiger partial charge is 0.370 e. The quantitative estimate of drug-likeness (QED) is 0.744. The highest BCUT2D eigenvalue weighted by atomic mass is 19.4. The van der Waals surface area contributed by atoms with Gasteiger partial charge < -0.3 is 15.2 Å². The molecule has 0 aliphatic carbocycles. The van der Waals surface area contributed by atoms with E-state index in [4.69, 9.17) is 14.7 Å². The van der Waals surface area contributed by atoms with Gasteiger partial charge in [-0.2, -0.15) is 18.4 Å². The Labute approximate surface area is 183 Å². The van der Waals surface area contributed by atoms with Crippen LogP contribution in [0.5, 0.6) is 0 Å². The van der Waals surface area contributed by atoms with Crippen LogP contribution >= 0.6 is 0 Å². The van der Waals surface area contributed by atoms with Crippen molar-refractivity contribution in [3.8, 4) is 6.07 Å². The molecule has 1 spiro atoms. The average Bonchev–Trinajstić information content (AvgIpc) is 3.33. The molecule has 2 N–H and O–H groups in total. The van der Waals surface area contributed by atoms with Crippen molar-refractivity contribution in [1.29, 1.82) is 5.26 Å². The van der Waals surface area contributed by atoms with Gasteiger partial charge in [-0.15, -0.1) is 0 Å². The number of primary amides is 1. The van der Waals surface area contributed by atoms with Crippen LogP contribution in [0.25, 0.3) is 0 Å². The molecule has 0 aromatic heterocycles. The number of carbonyl (C=O) groups excluding carboxylic acids is 2. The number of amides is 2. The van der Waals surface area contributed by atoms with Gasteiger partial charge >= 0.3 is 6.18 Å². The van der Waals surface area contributed by atoms with E-state index < -0.39 is 40.7 Å². The van der Waals surface area contributed by atoms with E-state index in [0.717, 1.165) is 25.0 Å². The minimum absolute atomic E-state index is 0.116. The summed E-state index contributed by atoms with van der Waals surface area (Å²) in [5.74, 6) is -1.09. The zero-order chi connectivity index (χ0) is 23.5. The molecule has 4 saturated heterocycles. The molecule has 0 saturated carbocycles. The molecule has 4 aliphatic heterocycles. The number of fused-ring (bicyclic) bond motifs is 2. The predicted octanol–water partition coefficient (Wildman–Crippen LogP) is 3.11. The lowest BCUT2D eigenvalue weighted by Gasteiger charge is -2.41. The summed E-state index contributed by atoms with van der Waals surface area (Å²) in [6, 6.07) is 4.96. The first-order valence-electron chi connectivity index (χ1n) is 10.5. The third-order valence-electron chi connectivity index (χ3n) is 7.04. The van der Waals surface area contributed by atoms with E-state index in [1.54, 1.807) is 13.0 Å². The Morgan fingerprint density at radius 2 is 2.03 bits per heavy atom. The van der Waals surface area contributed by atoms with E-state index in [0.29, 0.717) is 19.4 Å². The molecule has 10 heteroatoms. The second-order valence-corrected chi connectivity index (χ2v) is 8.86. The van der Waals surface area contributed by atoms with Gasteiger partial charge in [-0.1, -0.05) is 6.92 Å². The van der Waals surface area contributed by atoms with Gasteiger partial charge in [0, 0.05) is 24.4 Å². The second-order valence-electron chi connectivity index (χ2n) is 8.86. The maximum absolute atomic E-state index is 13.4. The van der Waals surface area contributed by atoms with Crippen molar-refractivity contribution in [3.05, 3.63) is 29.3 Å². The van der Waals surface area contributed by atoms with E-state index in [9.17, 15) is 22.8 Å². The average molecular weight is 451 g/mol. The van der Waals surface area contributed by atoms with Crippen LogP contribution in [0, 0.1) is 23.2 Å². The Kier molecular flexibility index (Phi) is 5.25. The summed E-state index contributed by atoms with van der Waals surface area (Å²) in [5, 5.41) is 9.00. The number of alkyl halides is 3. The number of ether oxygens (including phenoxy) is 2. The standard InChI is InChI=1S/C19H17F3N2O3.C3H7NO/c1-17-4-5-18(27-17)6-7-26-16-14(18)13(17)15(25)24(16)11-3-2-10(9-23)12(8-11)19(20,21)22;1-2-3(4)5/h2-3,8,13-14,16H,4-7H2,1H3;2H2,1H3,(H2,4,5)/t13-,14+,16+,17?,18?;/m1./s1. The van der Waals surface area contributed by atoms with Gasteiger partial charge in [-0.25, -0.2) is 0 Å². The summed E-state index contributed by atoms with van der Waals surface area (Å²) < 4.78 is 52.3. The minimum atomic E-state index is -4.68. The normalized spacial score (nSPS) is 34.6. The Morgan fingerprint density at radius 1 is 1.34 bits per heavy atom. The zero-order valence-corrected chi connectivity index (χ0v) is 17.7. The van der Waals surface area contributed by atoms with E-state index in [2.05, 4.69) is 5.73 Å². The predicted molar refractivity (Wildman–Crippen MR) is 106 cm³/mol. The highest BCUT2D eigenvalue weighted by molar-refractivity contribution is 6.00. The van der Waals surface area contributed by atoms with Crippen LogP contribution in [-0.4, -0.2) is 35.9 Å². The lowest BCUT2D eigenvalue weighted by atomic mass is 9.66. The first kappa shape index (κ1) is 22.6. The van der Waals surface area contributed by atoms with Crippen molar-refractivity contribution in [1.82, 2.24) is 0 Å². The Hall–Kier alpha value is -2.64. The summed E-state index contributed by atoms with van der Waals surface area (Å²) >= 11 is 0. The first-order valence-corrected chi connectivity index (χ1v) is 10.5. The fourth-order valence-corrected chi connectivity index (χ4v) is 5.60. The van der Waals surface area contributed by atoms with Crippen molar-refractivity contribution in [2.45, 2.75) is 63.1 Å². The summed E-state index contributed by atoms with van der Waals surface area (Å²) in [6.07, 6.45) is -2.56. The van der Waals surface area contributed by atoms with Crippen LogP contribution in [0.15, 0.2) is 18.2 Å². The maximum Gasteiger partial charge on any atom is 0.417 e. The summed E-state index contributed by atoms with van der Waals surface area (Å²) in [6.45, 7) is 4.04. The number of hydrogen-bond acceptors (Lipinski definition) is 5. The molecule has 0 radical (unpaired) electrons. The summed E-state index contributed by atoms with van der Waals surface area (Å²) in [4.78, 5) is 24.2. The Balaban J connectivity index is 0.000000444. The third kappa shape index (κ3) is 3.26.